The molecule has 3 fully saturated rings. The second kappa shape index (κ2) is 13.8. The summed E-state index contributed by atoms with van der Waals surface area (Å²) in [6, 6.07) is 22.6. The van der Waals surface area contributed by atoms with E-state index in [1.807, 2.05) is 30.3 Å². The number of fused-ring (bicyclic) bond motifs is 5. The predicted octanol–water partition coefficient (Wildman–Crippen LogP) is 8.04. The highest BCUT2D eigenvalue weighted by atomic mass is 35.5. The number of rotatable bonds is 9. The van der Waals surface area contributed by atoms with Crippen molar-refractivity contribution >= 4 is 29.3 Å². The van der Waals surface area contributed by atoms with Gasteiger partial charge in [0.15, 0.2) is 18.1 Å². The first-order valence-corrected chi connectivity index (χ1v) is 18.1. The number of nitrogens with zero attached hydrogens (tertiary/aromatic N) is 1. The summed E-state index contributed by atoms with van der Waals surface area (Å²) in [5.41, 5.74) is -4.77. The zero-order valence-corrected chi connectivity index (χ0v) is 30.1. The second-order valence-corrected chi connectivity index (χ2v) is 15.2. The summed E-state index contributed by atoms with van der Waals surface area (Å²) in [5.74, 6) is -1.86. The van der Waals surface area contributed by atoms with Gasteiger partial charge in [0, 0.05) is 22.8 Å². The van der Waals surface area contributed by atoms with Crippen molar-refractivity contribution in [3.63, 3.8) is 0 Å². The van der Waals surface area contributed by atoms with Gasteiger partial charge >= 0.3 is 11.9 Å². The van der Waals surface area contributed by atoms with Gasteiger partial charge in [0.25, 0.3) is 0 Å². The molecule has 3 saturated carbocycles. The monoisotopic (exact) mass is 739 g/mol. The van der Waals surface area contributed by atoms with Gasteiger partial charge in [-0.3, -0.25) is 4.79 Å². The quantitative estimate of drug-likeness (QED) is 0.217. The van der Waals surface area contributed by atoms with E-state index in [2.05, 4.69) is 0 Å². The molecule has 0 amide bonds. The van der Waals surface area contributed by atoms with Gasteiger partial charge in [-0.15, -0.1) is 0 Å². The van der Waals surface area contributed by atoms with Gasteiger partial charge in [-0.25, -0.2) is 14.0 Å². The molecule has 0 saturated heterocycles. The molecular formula is C42H39ClFNO8. The fourth-order valence-corrected chi connectivity index (χ4v) is 9.54. The van der Waals surface area contributed by atoms with Crippen LogP contribution in [-0.2, 0) is 25.7 Å². The maximum absolute atomic E-state index is 17.6. The first kappa shape index (κ1) is 36.4. The number of ether oxygens (including phenoxy) is 4. The Labute approximate surface area is 311 Å². The van der Waals surface area contributed by atoms with Crippen LogP contribution in [0.5, 0.6) is 17.2 Å². The number of carbonyl (C=O) groups excluding carboxylic acids is 3. The highest BCUT2D eigenvalue weighted by Crippen LogP contribution is 2.70. The largest absolute Gasteiger partial charge is 0.487 e. The van der Waals surface area contributed by atoms with Crippen LogP contribution in [0.1, 0.15) is 61.9 Å². The fraction of sp³-hybridized carbons (Fsp3) is 0.381. The van der Waals surface area contributed by atoms with Crippen LogP contribution >= 0.6 is 11.6 Å². The number of aliphatic hydroxyl groups is 1. The van der Waals surface area contributed by atoms with Gasteiger partial charge in [-0.2, -0.15) is 5.26 Å². The zero-order valence-electron chi connectivity index (χ0n) is 29.4. The third-order valence-corrected chi connectivity index (χ3v) is 12.4. The average molecular weight is 740 g/mol. The first-order chi connectivity index (χ1) is 25.3. The van der Waals surface area contributed by atoms with Gasteiger partial charge in [-0.1, -0.05) is 60.5 Å². The number of halogens is 2. The molecule has 7 atom stereocenters. The molecule has 11 heteroatoms. The van der Waals surface area contributed by atoms with E-state index in [9.17, 15) is 24.8 Å². The van der Waals surface area contributed by atoms with Crippen LogP contribution in [0, 0.1) is 34.0 Å². The van der Waals surface area contributed by atoms with E-state index < -0.39 is 58.6 Å². The molecule has 4 aliphatic carbocycles. The number of esters is 2. The summed E-state index contributed by atoms with van der Waals surface area (Å²) in [5, 5.41) is 21.4. The van der Waals surface area contributed by atoms with Gasteiger partial charge in [0.1, 0.15) is 29.9 Å². The number of ketones is 1. The summed E-state index contributed by atoms with van der Waals surface area (Å²) in [6.45, 7) is 3.20. The molecular weight excluding hydrogens is 701 g/mol. The molecule has 1 N–H and O–H groups in total. The van der Waals surface area contributed by atoms with Gasteiger partial charge in [-0.05, 0) is 99.1 Å². The smallest absolute Gasteiger partial charge is 0.352 e. The SMILES string of the molecule is C[C@]12C=CC(=O)C=C1CC[C@H]1[C@@H]3CC[C@@](OC(=O)c4ccc(Oc5ccc(Cl)c(OCc6ccccc6)c5)cc4)(C(=O)OCC#N)[C@@]3(C)C[C@H](O)C12F. The average Bonchev–Trinajstić information content (AvgIpc) is 3.43. The maximum atomic E-state index is 17.6. The Bertz CT molecular complexity index is 2050. The lowest BCUT2D eigenvalue weighted by molar-refractivity contribution is -0.224. The predicted molar refractivity (Wildman–Crippen MR) is 192 cm³/mol. The fourth-order valence-electron chi connectivity index (χ4n) is 9.36. The number of carbonyl (C=O) groups is 3. The lowest BCUT2D eigenvalue weighted by atomic mass is 9.45. The standard InChI is InChI=1S/C42H39ClFNO8/c1-39-18-16-29(46)22-28(39)10-14-33-32-17-19-41(38(49)50-21-20-45,40(32,2)24-36(47)42(33,39)44)53-37(48)27-8-11-30(12-9-27)52-31-13-15-34(43)35(23-31)51-25-26-6-4-3-5-7-26/h3-9,11-13,15-16,18,22-23,32-33,36,47H,10,14,17,19,21,24-25H2,1-2H3/t32-,33-,36-,39-,40-,41+,42?/m0/s1. The zero-order chi connectivity index (χ0) is 37.6. The summed E-state index contributed by atoms with van der Waals surface area (Å²) in [6.07, 6.45) is 3.71. The molecule has 53 heavy (non-hydrogen) atoms. The molecule has 3 aromatic carbocycles. The Morgan fingerprint density at radius 2 is 1.75 bits per heavy atom. The van der Waals surface area contributed by atoms with Crippen LogP contribution < -0.4 is 9.47 Å². The molecule has 4 aliphatic rings. The van der Waals surface area contributed by atoms with Crippen LogP contribution in [0.3, 0.4) is 0 Å². The first-order valence-electron chi connectivity index (χ1n) is 17.7. The number of hydrogen-bond donors (Lipinski definition) is 1. The van der Waals surface area contributed by atoms with E-state index >= 15 is 4.39 Å². The number of alkyl halides is 1. The second-order valence-electron chi connectivity index (χ2n) is 14.7. The van der Waals surface area contributed by atoms with E-state index in [1.54, 1.807) is 56.3 Å². The maximum Gasteiger partial charge on any atom is 0.352 e. The molecule has 0 aliphatic heterocycles. The van der Waals surface area contributed by atoms with Crippen LogP contribution in [0.15, 0.2) is 96.6 Å². The molecule has 274 valence electrons. The van der Waals surface area contributed by atoms with Crippen molar-refractivity contribution in [2.24, 2.45) is 22.7 Å². The number of aliphatic hydroxyl groups excluding tert-OH is 1. The summed E-state index contributed by atoms with van der Waals surface area (Å²) in [4.78, 5) is 40.0. The third kappa shape index (κ3) is 6.00. The molecule has 0 radical (unpaired) electrons. The Morgan fingerprint density at radius 3 is 2.49 bits per heavy atom. The molecule has 0 spiro atoms. The topological polar surface area (TPSA) is 132 Å². The molecule has 0 aromatic heterocycles. The Hall–Kier alpha value is -4.98. The molecule has 0 heterocycles. The van der Waals surface area contributed by atoms with Crippen LogP contribution in [0.2, 0.25) is 5.02 Å². The van der Waals surface area contributed by atoms with Crippen LogP contribution in [-0.4, -0.2) is 46.8 Å². The third-order valence-electron chi connectivity index (χ3n) is 12.1. The van der Waals surface area contributed by atoms with Gasteiger partial charge in [0.2, 0.25) is 5.60 Å². The number of benzene rings is 3. The van der Waals surface area contributed by atoms with Crippen molar-refractivity contribution < 1.29 is 42.8 Å². The Kier molecular flexibility index (Phi) is 9.46. The minimum absolute atomic E-state index is 0.0175. The van der Waals surface area contributed by atoms with E-state index in [-0.39, 0.29) is 24.2 Å². The molecule has 0 bridgehead atoms. The molecule has 1 unspecified atom stereocenters. The van der Waals surface area contributed by atoms with Crippen molar-refractivity contribution in [3.05, 3.63) is 113 Å². The van der Waals surface area contributed by atoms with E-state index in [0.29, 0.717) is 53.7 Å². The van der Waals surface area contributed by atoms with Crippen LogP contribution in [0.4, 0.5) is 4.39 Å². The lowest BCUT2D eigenvalue weighted by Crippen LogP contribution is -2.69. The normalized spacial score (nSPS) is 31.2. The van der Waals surface area contributed by atoms with Crippen LogP contribution in [0.25, 0.3) is 0 Å². The molecule has 9 nitrogen and oxygen atoms in total. The van der Waals surface area contributed by atoms with Crippen molar-refractivity contribution in [2.75, 3.05) is 6.61 Å². The molecule has 3 aromatic rings. The Balaban J connectivity index is 1.12. The van der Waals surface area contributed by atoms with Gasteiger partial charge < -0.3 is 24.1 Å². The number of hydrogen-bond acceptors (Lipinski definition) is 9. The number of allylic oxidation sites excluding steroid dienone is 4. The van der Waals surface area contributed by atoms with Gasteiger partial charge in [0.05, 0.1) is 16.7 Å². The Morgan fingerprint density at radius 1 is 1.02 bits per heavy atom. The highest BCUT2D eigenvalue weighted by molar-refractivity contribution is 6.32. The minimum Gasteiger partial charge on any atom is -0.487 e. The minimum atomic E-state index is -2.14. The van der Waals surface area contributed by atoms with E-state index in [4.69, 9.17) is 30.5 Å². The summed E-state index contributed by atoms with van der Waals surface area (Å²) >= 11 is 6.36. The van der Waals surface area contributed by atoms with E-state index in [0.717, 1.165) is 5.56 Å². The highest BCUT2D eigenvalue weighted by Gasteiger charge is 2.76. The lowest BCUT2D eigenvalue weighted by Gasteiger charge is -2.62. The van der Waals surface area contributed by atoms with Crippen molar-refractivity contribution in [1.82, 2.24) is 0 Å². The molecule has 7 rings (SSSR count). The summed E-state index contributed by atoms with van der Waals surface area (Å²) in [7, 11) is 0. The summed E-state index contributed by atoms with van der Waals surface area (Å²) < 4.78 is 41.1. The number of nitriles is 1. The van der Waals surface area contributed by atoms with Crippen molar-refractivity contribution in [1.29, 1.82) is 5.26 Å². The van der Waals surface area contributed by atoms with E-state index in [1.165, 1.54) is 24.3 Å². The van der Waals surface area contributed by atoms with Crippen molar-refractivity contribution in [2.45, 2.75) is 69.9 Å². The van der Waals surface area contributed by atoms with Crippen molar-refractivity contribution in [3.8, 4) is 23.3 Å².